The molecule has 0 aliphatic heterocycles. The van der Waals surface area contributed by atoms with E-state index in [2.05, 4.69) is 32.2 Å². The van der Waals surface area contributed by atoms with Crippen LogP contribution >= 0.6 is 0 Å². The second kappa shape index (κ2) is 7.71. The lowest BCUT2D eigenvalue weighted by molar-refractivity contribution is 0.102. The van der Waals surface area contributed by atoms with Crippen molar-refractivity contribution in [3.8, 4) is 0 Å². The molecule has 2 aromatic heterocycles. The highest BCUT2D eigenvalue weighted by atomic mass is 16.1. The monoisotopic (exact) mass is 386 g/mol. The third-order valence-corrected chi connectivity index (χ3v) is 4.97. The molecule has 4 aromatic rings. The molecule has 0 spiro atoms. The van der Waals surface area contributed by atoms with Gasteiger partial charge in [0.2, 0.25) is 0 Å². The first-order chi connectivity index (χ1) is 14.0. The average Bonchev–Trinajstić information content (AvgIpc) is 3.21. The van der Waals surface area contributed by atoms with Gasteiger partial charge in [-0.25, -0.2) is 4.98 Å². The van der Waals surface area contributed by atoms with Crippen LogP contribution in [0.2, 0.25) is 0 Å². The third kappa shape index (κ3) is 3.80. The van der Waals surface area contributed by atoms with Gasteiger partial charge in [-0.2, -0.15) is 14.6 Å². The van der Waals surface area contributed by atoms with Crippen LogP contribution in [0.15, 0.2) is 67.0 Å². The summed E-state index contributed by atoms with van der Waals surface area (Å²) in [7, 11) is 2.01. The maximum Gasteiger partial charge on any atom is 0.255 e. The van der Waals surface area contributed by atoms with Gasteiger partial charge in [-0.05, 0) is 43.7 Å². The molecule has 0 bridgehead atoms. The molecular formula is C22H22N6O. The Bertz CT molecular complexity index is 1150. The van der Waals surface area contributed by atoms with Crippen LogP contribution in [0.1, 0.15) is 34.6 Å². The van der Waals surface area contributed by atoms with E-state index in [1.807, 2.05) is 62.5 Å². The zero-order chi connectivity index (χ0) is 20.4. The molecule has 1 N–H and O–H groups in total. The fourth-order valence-corrected chi connectivity index (χ4v) is 3.25. The van der Waals surface area contributed by atoms with E-state index in [0.717, 1.165) is 22.8 Å². The maximum atomic E-state index is 12.5. The molecular weight excluding hydrogens is 364 g/mol. The number of anilines is 2. The molecule has 2 aromatic carbocycles. The zero-order valence-electron chi connectivity index (χ0n) is 16.6. The number of hydrogen-bond donors (Lipinski definition) is 1. The summed E-state index contributed by atoms with van der Waals surface area (Å²) in [6, 6.07) is 19.1. The normalized spacial score (nSPS) is 12.0. The van der Waals surface area contributed by atoms with E-state index < -0.39 is 0 Å². The van der Waals surface area contributed by atoms with Crippen molar-refractivity contribution in [2.45, 2.75) is 19.9 Å². The Morgan fingerprint density at radius 3 is 2.69 bits per heavy atom. The number of carbonyl (C=O) groups is 1. The zero-order valence-corrected chi connectivity index (χ0v) is 16.6. The number of benzene rings is 2. The molecule has 7 nitrogen and oxygen atoms in total. The highest BCUT2D eigenvalue weighted by Gasteiger charge is 2.17. The van der Waals surface area contributed by atoms with Crippen LogP contribution < -0.4 is 10.2 Å². The fraction of sp³-hybridized carbons (Fsp3) is 0.182. The average molecular weight is 386 g/mol. The fourth-order valence-electron chi connectivity index (χ4n) is 3.25. The van der Waals surface area contributed by atoms with Gasteiger partial charge >= 0.3 is 0 Å². The number of rotatable bonds is 5. The highest BCUT2D eigenvalue weighted by Crippen LogP contribution is 2.27. The molecule has 1 amide bonds. The lowest BCUT2D eigenvalue weighted by atomic mass is 10.1. The Morgan fingerprint density at radius 1 is 1.10 bits per heavy atom. The van der Waals surface area contributed by atoms with Crippen molar-refractivity contribution >= 4 is 23.2 Å². The number of amides is 1. The Morgan fingerprint density at radius 2 is 1.90 bits per heavy atom. The first-order valence-electron chi connectivity index (χ1n) is 9.39. The minimum Gasteiger partial charge on any atom is -0.353 e. The van der Waals surface area contributed by atoms with Gasteiger partial charge in [0.25, 0.3) is 11.7 Å². The number of aryl methyl sites for hydroxylation is 1. The molecule has 7 heteroatoms. The van der Waals surface area contributed by atoms with Gasteiger partial charge < -0.3 is 10.2 Å². The van der Waals surface area contributed by atoms with Crippen molar-refractivity contribution in [3.05, 3.63) is 83.8 Å². The molecule has 0 saturated carbocycles. The predicted molar refractivity (Wildman–Crippen MR) is 113 cm³/mol. The summed E-state index contributed by atoms with van der Waals surface area (Å²) >= 11 is 0. The molecule has 0 aliphatic rings. The maximum absolute atomic E-state index is 12.5. The van der Waals surface area contributed by atoms with Crippen LogP contribution in [-0.2, 0) is 0 Å². The molecule has 1 atom stereocenters. The van der Waals surface area contributed by atoms with Crippen LogP contribution in [0, 0.1) is 6.92 Å². The number of nitrogens with zero attached hydrogens (tertiary/aromatic N) is 5. The summed E-state index contributed by atoms with van der Waals surface area (Å²) in [4.78, 5) is 23.2. The summed E-state index contributed by atoms with van der Waals surface area (Å²) in [6.07, 6.45) is 1.50. The van der Waals surface area contributed by atoms with E-state index in [-0.39, 0.29) is 11.9 Å². The number of aromatic nitrogens is 4. The van der Waals surface area contributed by atoms with Gasteiger partial charge in [-0.3, -0.25) is 4.79 Å². The first-order valence-corrected chi connectivity index (χ1v) is 9.39. The smallest absolute Gasteiger partial charge is 0.255 e. The molecule has 0 unspecified atom stereocenters. The van der Waals surface area contributed by atoms with E-state index in [0.29, 0.717) is 11.3 Å². The van der Waals surface area contributed by atoms with Crippen LogP contribution in [0.5, 0.6) is 0 Å². The van der Waals surface area contributed by atoms with Crippen molar-refractivity contribution in [2.24, 2.45) is 0 Å². The van der Waals surface area contributed by atoms with Crippen molar-refractivity contribution in [3.63, 3.8) is 0 Å². The van der Waals surface area contributed by atoms with Gasteiger partial charge in [0.15, 0.2) is 0 Å². The molecule has 146 valence electrons. The summed E-state index contributed by atoms with van der Waals surface area (Å²) in [5, 5.41) is 7.26. The van der Waals surface area contributed by atoms with Crippen molar-refractivity contribution in [1.82, 2.24) is 19.6 Å². The number of hydrogen-bond acceptors (Lipinski definition) is 5. The van der Waals surface area contributed by atoms with E-state index in [1.54, 1.807) is 16.6 Å². The molecule has 2 heterocycles. The Kier molecular flexibility index (Phi) is 4.95. The van der Waals surface area contributed by atoms with E-state index in [4.69, 9.17) is 0 Å². The van der Waals surface area contributed by atoms with Gasteiger partial charge in [0, 0.05) is 30.1 Å². The van der Waals surface area contributed by atoms with Gasteiger partial charge in [0.05, 0.1) is 6.04 Å². The highest BCUT2D eigenvalue weighted by molar-refractivity contribution is 6.04. The minimum atomic E-state index is -0.127. The molecule has 0 aliphatic carbocycles. The van der Waals surface area contributed by atoms with E-state index in [9.17, 15) is 4.79 Å². The summed E-state index contributed by atoms with van der Waals surface area (Å²) < 4.78 is 1.73. The van der Waals surface area contributed by atoms with Crippen LogP contribution in [-0.4, -0.2) is 32.5 Å². The second-order valence-corrected chi connectivity index (χ2v) is 6.96. The largest absolute Gasteiger partial charge is 0.353 e. The lowest BCUT2D eigenvalue weighted by Crippen LogP contribution is -2.24. The second-order valence-electron chi connectivity index (χ2n) is 6.96. The molecule has 0 radical (unpaired) electrons. The first kappa shape index (κ1) is 18.6. The van der Waals surface area contributed by atoms with Gasteiger partial charge in [-0.1, -0.05) is 30.3 Å². The Labute approximate surface area is 169 Å². The molecule has 4 rings (SSSR count). The minimum absolute atomic E-state index is 0.0396. The quantitative estimate of drug-likeness (QED) is 0.563. The topological polar surface area (TPSA) is 75.4 Å². The van der Waals surface area contributed by atoms with Crippen molar-refractivity contribution < 1.29 is 4.79 Å². The van der Waals surface area contributed by atoms with E-state index in [1.165, 1.54) is 6.33 Å². The third-order valence-electron chi connectivity index (χ3n) is 4.97. The summed E-state index contributed by atoms with van der Waals surface area (Å²) in [5.41, 5.74) is 3.34. The number of fused-ring (bicyclic) bond motifs is 1. The van der Waals surface area contributed by atoms with E-state index >= 15 is 0 Å². The standard InChI is InChI=1S/C22H22N6O/c1-15-12-20(28-22(25-15)23-14-24-28)27(3)16(2)18-10-7-11-19(13-18)26-21(29)17-8-5-4-6-9-17/h4-14,16H,1-3H3,(H,26,29)/t16-/m0/s1. The van der Waals surface area contributed by atoms with Crippen molar-refractivity contribution in [1.29, 1.82) is 0 Å². The number of carbonyl (C=O) groups excluding carboxylic acids is 1. The SMILES string of the molecule is Cc1cc(N(C)[C@@H](C)c2cccc(NC(=O)c3ccccc3)c2)n2ncnc2n1. The number of nitrogens with one attached hydrogen (secondary N) is 1. The van der Waals surface area contributed by atoms with Gasteiger partial charge in [-0.15, -0.1) is 0 Å². The molecule has 0 fully saturated rings. The molecule has 0 saturated heterocycles. The van der Waals surface area contributed by atoms with Crippen LogP contribution in [0.3, 0.4) is 0 Å². The van der Waals surface area contributed by atoms with Crippen LogP contribution in [0.25, 0.3) is 5.78 Å². The van der Waals surface area contributed by atoms with Crippen LogP contribution in [0.4, 0.5) is 11.5 Å². The van der Waals surface area contributed by atoms with Gasteiger partial charge in [0.1, 0.15) is 12.1 Å². The summed E-state index contributed by atoms with van der Waals surface area (Å²) in [5.74, 6) is 1.34. The predicted octanol–water partition coefficient (Wildman–Crippen LogP) is 3.88. The molecule has 29 heavy (non-hydrogen) atoms. The summed E-state index contributed by atoms with van der Waals surface area (Å²) in [6.45, 7) is 4.05. The lowest BCUT2D eigenvalue weighted by Gasteiger charge is -2.28. The van der Waals surface area contributed by atoms with Crippen molar-refractivity contribution in [2.75, 3.05) is 17.3 Å². The Hall–Kier alpha value is -3.74. The Balaban J connectivity index is 1.59.